The Morgan fingerprint density at radius 2 is 2.09 bits per heavy atom. The number of nitrogens with zero attached hydrogens (tertiary/aromatic N) is 1. The average Bonchev–Trinajstić information content (AvgIpc) is 3.27. The van der Waals surface area contributed by atoms with E-state index in [1.165, 1.54) is 0 Å². The highest BCUT2D eigenvalue weighted by atomic mass is 79.9. The Kier molecular flexibility index (Phi) is 4.92. The standard InChI is InChI=1S/C14H19BrClNO5/c1-4-8(2)14(20)11(15)10(5-6-13(14)7-21-13)22-12(19)17(16)9(3)18/h4,10-11,20H,5-7H2,1-3H3/t10-,11-,13+,14-/m1/s1. The first-order chi connectivity index (χ1) is 10.2. The van der Waals surface area contributed by atoms with E-state index < -0.39 is 34.1 Å². The maximum absolute atomic E-state index is 11.8. The van der Waals surface area contributed by atoms with Crippen molar-refractivity contribution in [2.45, 2.75) is 55.7 Å². The molecule has 0 aromatic rings. The van der Waals surface area contributed by atoms with Gasteiger partial charge in [-0.2, -0.15) is 4.42 Å². The van der Waals surface area contributed by atoms with Gasteiger partial charge in [0.1, 0.15) is 17.3 Å². The van der Waals surface area contributed by atoms with Crippen LogP contribution in [-0.4, -0.2) is 50.3 Å². The summed E-state index contributed by atoms with van der Waals surface area (Å²) in [7, 11) is 0. The van der Waals surface area contributed by atoms with Gasteiger partial charge in [0.2, 0.25) is 5.91 Å². The lowest BCUT2D eigenvalue weighted by molar-refractivity contribution is -0.124. The second-order valence-corrected chi connectivity index (χ2v) is 7.01. The highest BCUT2D eigenvalue weighted by Gasteiger charge is 2.68. The van der Waals surface area contributed by atoms with Gasteiger partial charge in [0.25, 0.3) is 0 Å². The quantitative estimate of drug-likeness (QED) is 0.336. The smallest absolute Gasteiger partial charge is 0.432 e. The molecule has 1 aliphatic heterocycles. The molecule has 2 rings (SSSR count). The summed E-state index contributed by atoms with van der Waals surface area (Å²) in [6, 6.07) is 0. The fraction of sp³-hybridized carbons (Fsp3) is 0.714. The molecule has 0 bridgehead atoms. The topological polar surface area (TPSA) is 79.4 Å². The third-order valence-corrected chi connectivity index (χ3v) is 6.10. The van der Waals surface area contributed by atoms with Gasteiger partial charge in [-0.25, -0.2) is 4.79 Å². The number of amides is 2. The van der Waals surface area contributed by atoms with Crippen molar-refractivity contribution in [3.8, 4) is 0 Å². The molecule has 8 heteroatoms. The van der Waals surface area contributed by atoms with Crippen LogP contribution in [0.4, 0.5) is 4.79 Å². The molecular formula is C14H19BrClNO5. The Hall–Kier alpha value is -0.630. The molecule has 1 saturated heterocycles. The summed E-state index contributed by atoms with van der Waals surface area (Å²) in [4.78, 5) is 22.4. The first kappa shape index (κ1) is 17.7. The van der Waals surface area contributed by atoms with Crippen LogP contribution in [0.5, 0.6) is 0 Å². The molecular weight excluding hydrogens is 378 g/mol. The summed E-state index contributed by atoms with van der Waals surface area (Å²) in [6.45, 7) is 5.26. The van der Waals surface area contributed by atoms with Crippen LogP contribution in [0.25, 0.3) is 0 Å². The van der Waals surface area contributed by atoms with E-state index in [1.807, 2.05) is 19.9 Å². The lowest BCUT2D eigenvalue weighted by Gasteiger charge is -2.46. The molecule has 0 unspecified atom stereocenters. The third-order valence-electron chi connectivity index (χ3n) is 4.47. The minimum absolute atomic E-state index is 0.388. The number of aliphatic hydroxyl groups is 1. The second-order valence-electron chi connectivity index (χ2n) is 5.68. The Morgan fingerprint density at radius 3 is 2.55 bits per heavy atom. The molecule has 22 heavy (non-hydrogen) atoms. The zero-order chi connectivity index (χ0) is 16.7. The molecule has 1 heterocycles. The molecule has 1 saturated carbocycles. The van der Waals surface area contributed by atoms with E-state index in [0.717, 1.165) is 12.5 Å². The fourth-order valence-electron chi connectivity index (χ4n) is 2.90. The maximum Gasteiger partial charge on any atom is 0.432 e. The van der Waals surface area contributed by atoms with Crippen molar-refractivity contribution < 1.29 is 24.2 Å². The molecule has 0 aromatic carbocycles. The molecule has 0 aromatic heterocycles. The summed E-state index contributed by atoms with van der Waals surface area (Å²) in [5.74, 6) is -0.629. The van der Waals surface area contributed by atoms with Crippen molar-refractivity contribution in [3.63, 3.8) is 0 Å². The zero-order valence-corrected chi connectivity index (χ0v) is 15.0. The largest absolute Gasteiger partial charge is 0.444 e. The molecule has 1 spiro atoms. The number of imide groups is 1. The Bertz CT molecular complexity index is 521. The van der Waals surface area contributed by atoms with Crippen LogP contribution < -0.4 is 0 Å². The van der Waals surface area contributed by atoms with Crippen LogP contribution in [0.15, 0.2) is 11.6 Å². The van der Waals surface area contributed by atoms with Crippen molar-refractivity contribution in [2.75, 3.05) is 6.61 Å². The Morgan fingerprint density at radius 1 is 1.50 bits per heavy atom. The number of hydrogen-bond acceptors (Lipinski definition) is 5. The van der Waals surface area contributed by atoms with E-state index in [1.54, 1.807) is 0 Å². The molecule has 0 radical (unpaired) electrons. The SMILES string of the molecule is CC=C(C)[C@@]1(O)[C@H](Br)[C@H](OC(=O)N(Cl)C(C)=O)CC[C@]12CO2. The lowest BCUT2D eigenvalue weighted by Crippen LogP contribution is -2.61. The van der Waals surface area contributed by atoms with Gasteiger partial charge in [-0.15, -0.1) is 0 Å². The number of alkyl halides is 1. The van der Waals surface area contributed by atoms with Crippen molar-refractivity contribution >= 4 is 39.7 Å². The first-order valence-electron chi connectivity index (χ1n) is 7.00. The summed E-state index contributed by atoms with van der Waals surface area (Å²) in [5.41, 5.74) is -1.18. The zero-order valence-electron chi connectivity index (χ0n) is 12.6. The van der Waals surface area contributed by atoms with E-state index >= 15 is 0 Å². The third kappa shape index (κ3) is 2.68. The normalized spacial score (nSPS) is 37.8. The van der Waals surface area contributed by atoms with Crippen molar-refractivity contribution in [2.24, 2.45) is 0 Å². The second kappa shape index (κ2) is 6.11. The molecule has 2 fully saturated rings. The summed E-state index contributed by atoms with van der Waals surface area (Å²) >= 11 is 9.01. The molecule has 1 aliphatic carbocycles. The monoisotopic (exact) mass is 395 g/mol. The number of allylic oxidation sites excluding steroid dienone is 1. The van der Waals surface area contributed by atoms with Crippen LogP contribution in [0.1, 0.15) is 33.6 Å². The molecule has 6 nitrogen and oxygen atoms in total. The van der Waals surface area contributed by atoms with Gasteiger partial charge in [0.15, 0.2) is 0 Å². The van der Waals surface area contributed by atoms with E-state index in [9.17, 15) is 14.7 Å². The number of carbonyl (C=O) groups excluding carboxylic acids is 2. The minimum Gasteiger partial charge on any atom is -0.444 e. The molecule has 1 N–H and O–H groups in total. The maximum atomic E-state index is 11.8. The van der Waals surface area contributed by atoms with Gasteiger partial charge in [0, 0.05) is 18.7 Å². The van der Waals surface area contributed by atoms with E-state index in [0.29, 0.717) is 23.9 Å². The van der Waals surface area contributed by atoms with Crippen LogP contribution in [0, 0.1) is 0 Å². The van der Waals surface area contributed by atoms with E-state index in [-0.39, 0.29) is 0 Å². The van der Waals surface area contributed by atoms with Gasteiger partial charge in [-0.05, 0) is 32.3 Å². The average molecular weight is 397 g/mol. The van der Waals surface area contributed by atoms with Crippen molar-refractivity contribution in [3.05, 3.63) is 11.6 Å². The number of ether oxygens (including phenoxy) is 2. The van der Waals surface area contributed by atoms with Gasteiger partial charge < -0.3 is 14.6 Å². The number of hydrogen-bond donors (Lipinski definition) is 1. The number of rotatable bonds is 2. The summed E-state index contributed by atoms with van der Waals surface area (Å²) in [5, 5.41) is 11.2. The van der Waals surface area contributed by atoms with Gasteiger partial charge >= 0.3 is 6.09 Å². The number of epoxide rings is 1. The lowest BCUT2D eigenvalue weighted by atomic mass is 9.70. The molecule has 2 amide bonds. The predicted molar refractivity (Wildman–Crippen MR) is 83.7 cm³/mol. The number of halogens is 2. The Balaban J connectivity index is 2.20. The highest BCUT2D eigenvalue weighted by Crippen LogP contribution is 2.54. The van der Waals surface area contributed by atoms with Gasteiger partial charge in [0.05, 0.1) is 11.4 Å². The number of carbonyl (C=O) groups is 2. The van der Waals surface area contributed by atoms with Crippen LogP contribution in [-0.2, 0) is 14.3 Å². The summed E-state index contributed by atoms with van der Waals surface area (Å²) in [6.07, 6.45) is 1.30. The van der Waals surface area contributed by atoms with Crippen LogP contribution >= 0.6 is 27.7 Å². The van der Waals surface area contributed by atoms with Crippen molar-refractivity contribution in [1.82, 2.24) is 4.42 Å². The van der Waals surface area contributed by atoms with Crippen molar-refractivity contribution in [1.29, 1.82) is 0 Å². The first-order valence-corrected chi connectivity index (χ1v) is 8.26. The van der Waals surface area contributed by atoms with E-state index in [2.05, 4.69) is 15.9 Å². The summed E-state index contributed by atoms with van der Waals surface area (Å²) < 4.78 is 11.2. The predicted octanol–water partition coefficient (Wildman–Crippen LogP) is 2.52. The van der Waals surface area contributed by atoms with Crippen LogP contribution in [0.3, 0.4) is 0 Å². The Labute approximate surface area is 142 Å². The molecule has 124 valence electrons. The fourth-order valence-corrected chi connectivity index (χ4v) is 4.09. The van der Waals surface area contributed by atoms with Gasteiger partial charge in [-0.3, -0.25) is 4.79 Å². The van der Waals surface area contributed by atoms with Gasteiger partial charge in [-0.1, -0.05) is 22.0 Å². The molecule has 2 aliphatic rings. The van der Waals surface area contributed by atoms with E-state index in [4.69, 9.17) is 21.3 Å². The van der Waals surface area contributed by atoms with Crippen LogP contribution in [0.2, 0.25) is 0 Å². The highest BCUT2D eigenvalue weighted by molar-refractivity contribution is 9.09. The minimum atomic E-state index is -1.28. The molecule has 4 atom stereocenters.